The van der Waals surface area contributed by atoms with Crippen LogP contribution >= 0.6 is 0 Å². The Morgan fingerprint density at radius 2 is 2.00 bits per heavy atom. The number of nitrogens with zero attached hydrogens (tertiary/aromatic N) is 2. The van der Waals surface area contributed by atoms with E-state index in [0.717, 1.165) is 23.6 Å². The number of H-pyrrole nitrogens is 1. The summed E-state index contributed by atoms with van der Waals surface area (Å²) in [6, 6.07) is 7.55. The van der Waals surface area contributed by atoms with Gasteiger partial charge in [-0.15, -0.1) is 0 Å². The number of aromatic amines is 1. The third kappa shape index (κ3) is 3.60. The summed E-state index contributed by atoms with van der Waals surface area (Å²) >= 11 is 0. The van der Waals surface area contributed by atoms with Gasteiger partial charge in [-0.3, -0.25) is 4.79 Å². The molecule has 2 N–H and O–H groups in total. The molecular formula is C15H20N4O. The van der Waals surface area contributed by atoms with Gasteiger partial charge in [-0.1, -0.05) is 0 Å². The first-order valence-corrected chi connectivity index (χ1v) is 6.62. The summed E-state index contributed by atoms with van der Waals surface area (Å²) in [6.07, 6.45) is 2.55. The van der Waals surface area contributed by atoms with E-state index in [1.54, 1.807) is 6.20 Å². The molecular weight excluding hydrogens is 252 g/mol. The van der Waals surface area contributed by atoms with Gasteiger partial charge >= 0.3 is 0 Å². The van der Waals surface area contributed by atoms with Crippen molar-refractivity contribution in [1.82, 2.24) is 15.3 Å². The van der Waals surface area contributed by atoms with Gasteiger partial charge in [0, 0.05) is 50.2 Å². The van der Waals surface area contributed by atoms with Crippen molar-refractivity contribution in [2.45, 2.75) is 13.3 Å². The molecule has 0 unspecified atom stereocenters. The van der Waals surface area contributed by atoms with Gasteiger partial charge in [0.05, 0.1) is 0 Å². The molecule has 0 radical (unpaired) electrons. The summed E-state index contributed by atoms with van der Waals surface area (Å²) in [5.41, 5.74) is 2.79. The van der Waals surface area contributed by atoms with Gasteiger partial charge in [-0.05, 0) is 31.2 Å². The number of hydrogen-bond donors (Lipinski definition) is 2. The number of aryl methyl sites for hydroxylation is 1. The SMILES string of the molecule is Cc1ncc(CCNC(=O)c2ccc(N(C)C)cc2)[nH]1. The Morgan fingerprint density at radius 3 is 2.55 bits per heavy atom. The first-order chi connectivity index (χ1) is 9.56. The van der Waals surface area contributed by atoms with Gasteiger partial charge in [0.2, 0.25) is 0 Å². The van der Waals surface area contributed by atoms with Crippen LogP contribution in [0.3, 0.4) is 0 Å². The average Bonchev–Trinajstić information content (AvgIpc) is 2.84. The minimum absolute atomic E-state index is 0.0495. The standard InChI is InChI=1S/C15H20N4O/c1-11-17-10-13(18-11)8-9-16-15(20)12-4-6-14(7-5-12)19(2)3/h4-7,10H,8-9H2,1-3H3,(H,16,20)(H,17,18). The Kier molecular flexibility index (Phi) is 4.40. The number of hydrogen-bond acceptors (Lipinski definition) is 3. The van der Waals surface area contributed by atoms with E-state index in [9.17, 15) is 4.79 Å². The summed E-state index contributed by atoms with van der Waals surface area (Å²) in [4.78, 5) is 21.2. The van der Waals surface area contributed by atoms with Gasteiger partial charge in [0.25, 0.3) is 5.91 Å². The van der Waals surface area contributed by atoms with Crippen LogP contribution in [0.25, 0.3) is 0 Å². The van der Waals surface area contributed by atoms with Gasteiger partial charge < -0.3 is 15.2 Å². The molecule has 5 nitrogen and oxygen atoms in total. The highest BCUT2D eigenvalue weighted by atomic mass is 16.1. The van der Waals surface area contributed by atoms with Crippen molar-refractivity contribution in [3.05, 3.63) is 47.5 Å². The number of imidazole rings is 1. The molecule has 0 aliphatic rings. The number of nitrogens with one attached hydrogen (secondary N) is 2. The van der Waals surface area contributed by atoms with E-state index in [1.807, 2.05) is 50.2 Å². The number of anilines is 1. The number of rotatable bonds is 5. The third-order valence-corrected chi connectivity index (χ3v) is 3.08. The fraction of sp³-hybridized carbons (Fsp3) is 0.333. The van der Waals surface area contributed by atoms with Crippen molar-refractivity contribution in [2.24, 2.45) is 0 Å². The van der Waals surface area contributed by atoms with Gasteiger partial charge in [0.1, 0.15) is 5.82 Å². The average molecular weight is 272 g/mol. The first-order valence-electron chi connectivity index (χ1n) is 6.62. The van der Waals surface area contributed by atoms with Crippen LogP contribution in [-0.4, -0.2) is 36.5 Å². The van der Waals surface area contributed by atoms with Crippen LogP contribution in [0, 0.1) is 6.92 Å². The molecule has 1 aromatic heterocycles. The maximum Gasteiger partial charge on any atom is 0.251 e. The Hall–Kier alpha value is -2.30. The number of carbonyl (C=O) groups excluding carboxylic acids is 1. The quantitative estimate of drug-likeness (QED) is 0.872. The van der Waals surface area contributed by atoms with E-state index < -0.39 is 0 Å². The molecule has 20 heavy (non-hydrogen) atoms. The number of amides is 1. The van der Waals surface area contributed by atoms with Gasteiger partial charge in [-0.2, -0.15) is 0 Å². The Labute approximate surface area is 119 Å². The van der Waals surface area contributed by atoms with E-state index in [1.165, 1.54) is 0 Å². The maximum atomic E-state index is 12.0. The topological polar surface area (TPSA) is 61.0 Å². The molecule has 2 rings (SSSR count). The molecule has 0 saturated carbocycles. The van der Waals surface area contributed by atoms with Crippen molar-refractivity contribution in [3.63, 3.8) is 0 Å². The van der Waals surface area contributed by atoms with Crippen molar-refractivity contribution in [3.8, 4) is 0 Å². The van der Waals surface area contributed by atoms with E-state index in [-0.39, 0.29) is 5.91 Å². The zero-order valence-electron chi connectivity index (χ0n) is 12.1. The highest BCUT2D eigenvalue weighted by Gasteiger charge is 2.05. The molecule has 1 aromatic carbocycles. The Bertz CT molecular complexity index is 572. The zero-order valence-corrected chi connectivity index (χ0v) is 12.1. The lowest BCUT2D eigenvalue weighted by Gasteiger charge is -2.12. The van der Waals surface area contributed by atoms with Crippen LogP contribution in [0.15, 0.2) is 30.5 Å². The lowest BCUT2D eigenvalue weighted by atomic mass is 10.2. The van der Waals surface area contributed by atoms with Crippen LogP contribution in [0.4, 0.5) is 5.69 Å². The fourth-order valence-electron chi connectivity index (χ4n) is 1.92. The maximum absolute atomic E-state index is 12.0. The van der Waals surface area contributed by atoms with Crippen molar-refractivity contribution in [2.75, 3.05) is 25.5 Å². The second-order valence-corrected chi connectivity index (χ2v) is 4.94. The van der Waals surface area contributed by atoms with E-state index in [4.69, 9.17) is 0 Å². The predicted octanol–water partition coefficient (Wildman–Crippen LogP) is 1.76. The fourth-order valence-corrected chi connectivity index (χ4v) is 1.92. The van der Waals surface area contributed by atoms with Crippen molar-refractivity contribution >= 4 is 11.6 Å². The molecule has 1 amide bonds. The van der Waals surface area contributed by atoms with E-state index in [0.29, 0.717) is 12.1 Å². The summed E-state index contributed by atoms with van der Waals surface area (Å²) in [5, 5.41) is 2.91. The number of benzene rings is 1. The molecule has 2 aromatic rings. The molecule has 0 saturated heterocycles. The number of carbonyl (C=O) groups is 1. The molecule has 0 atom stereocenters. The smallest absolute Gasteiger partial charge is 0.251 e. The van der Waals surface area contributed by atoms with E-state index in [2.05, 4.69) is 15.3 Å². The molecule has 0 fully saturated rings. The predicted molar refractivity (Wildman–Crippen MR) is 80.1 cm³/mol. The molecule has 0 spiro atoms. The highest BCUT2D eigenvalue weighted by molar-refractivity contribution is 5.94. The lowest BCUT2D eigenvalue weighted by molar-refractivity contribution is 0.0954. The summed E-state index contributed by atoms with van der Waals surface area (Å²) in [7, 11) is 3.95. The second kappa shape index (κ2) is 6.23. The van der Waals surface area contributed by atoms with Crippen molar-refractivity contribution < 1.29 is 4.79 Å². The molecule has 1 heterocycles. The zero-order chi connectivity index (χ0) is 14.5. The molecule has 0 aliphatic heterocycles. The van der Waals surface area contributed by atoms with Gasteiger partial charge in [0.15, 0.2) is 0 Å². The van der Waals surface area contributed by atoms with Gasteiger partial charge in [-0.25, -0.2) is 4.98 Å². The van der Waals surface area contributed by atoms with Crippen LogP contribution in [0.5, 0.6) is 0 Å². The monoisotopic (exact) mass is 272 g/mol. The first kappa shape index (κ1) is 14.1. The normalized spacial score (nSPS) is 10.3. The third-order valence-electron chi connectivity index (χ3n) is 3.08. The summed E-state index contributed by atoms with van der Waals surface area (Å²) in [6.45, 7) is 2.50. The molecule has 0 aliphatic carbocycles. The summed E-state index contributed by atoms with van der Waals surface area (Å²) in [5.74, 6) is 0.845. The lowest BCUT2D eigenvalue weighted by Crippen LogP contribution is -2.25. The largest absolute Gasteiger partial charge is 0.378 e. The Morgan fingerprint density at radius 1 is 1.30 bits per heavy atom. The minimum Gasteiger partial charge on any atom is -0.378 e. The Balaban J connectivity index is 1.85. The van der Waals surface area contributed by atoms with Crippen LogP contribution in [0.1, 0.15) is 21.9 Å². The van der Waals surface area contributed by atoms with Crippen LogP contribution in [0.2, 0.25) is 0 Å². The highest BCUT2D eigenvalue weighted by Crippen LogP contribution is 2.12. The second-order valence-electron chi connectivity index (χ2n) is 4.94. The number of aromatic nitrogens is 2. The van der Waals surface area contributed by atoms with E-state index >= 15 is 0 Å². The van der Waals surface area contributed by atoms with Crippen LogP contribution in [-0.2, 0) is 6.42 Å². The van der Waals surface area contributed by atoms with Crippen LogP contribution < -0.4 is 10.2 Å². The minimum atomic E-state index is -0.0495. The summed E-state index contributed by atoms with van der Waals surface area (Å²) < 4.78 is 0. The van der Waals surface area contributed by atoms with Crippen molar-refractivity contribution in [1.29, 1.82) is 0 Å². The molecule has 0 bridgehead atoms. The molecule has 5 heteroatoms. The molecule has 106 valence electrons.